The summed E-state index contributed by atoms with van der Waals surface area (Å²) >= 11 is 0. The second kappa shape index (κ2) is 7.98. The lowest BCUT2D eigenvalue weighted by atomic mass is 9.92. The van der Waals surface area contributed by atoms with Crippen molar-refractivity contribution in [3.63, 3.8) is 0 Å². The van der Waals surface area contributed by atoms with Crippen molar-refractivity contribution in [2.24, 2.45) is 11.8 Å². The summed E-state index contributed by atoms with van der Waals surface area (Å²) < 4.78 is 0. The normalized spacial score (nSPS) is 24.3. The molecule has 0 saturated carbocycles. The smallest absolute Gasteiger partial charge is 0.253 e. The fraction of sp³-hybridized carbons (Fsp3) is 0.611. The summed E-state index contributed by atoms with van der Waals surface area (Å²) in [6.45, 7) is 6.29. The van der Waals surface area contributed by atoms with Gasteiger partial charge in [0.15, 0.2) is 0 Å². The Balaban J connectivity index is 0.00000176. The van der Waals surface area contributed by atoms with Crippen LogP contribution in [0.4, 0.5) is 0 Å². The third kappa shape index (κ3) is 3.82. The maximum absolute atomic E-state index is 12.7. The standard InChI is InChI=1S/C18H26N2O.ClH/c1-2-3-14-4-6-15(7-5-14)18(21)20-10-8-16-12-19-13-17(16)9-11-20;/h4-7,16-17,19H,2-3,8-13H2,1H3;1H/t16-,17+;. The summed E-state index contributed by atoms with van der Waals surface area (Å²) in [5.74, 6) is 1.76. The van der Waals surface area contributed by atoms with Crippen LogP contribution in [0.5, 0.6) is 0 Å². The van der Waals surface area contributed by atoms with E-state index in [1.165, 1.54) is 5.56 Å². The first-order chi connectivity index (χ1) is 10.3. The van der Waals surface area contributed by atoms with Crippen LogP contribution < -0.4 is 5.32 Å². The molecule has 3 nitrogen and oxygen atoms in total. The highest BCUT2D eigenvalue weighted by Crippen LogP contribution is 2.27. The summed E-state index contributed by atoms with van der Waals surface area (Å²) in [5, 5.41) is 3.48. The molecule has 2 heterocycles. The molecule has 0 radical (unpaired) electrons. The highest BCUT2D eigenvalue weighted by Gasteiger charge is 2.31. The Kier molecular flexibility index (Phi) is 6.27. The third-order valence-electron chi connectivity index (χ3n) is 5.05. The molecule has 2 fully saturated rings. The van der Waals surface area contributed by atoms with Gasteiger partial charge < -0.3 is 10.2 Å². The predicted octanol–water partition coefficient (Wildman–Crippen LogP) is 3.13. The summed E-state index contributed by atoms with van der Waals surface area (Å²) in [7, 11) is 0. The van der Waals surface area contributed by atoms with Crippen LogP contribution in [-0.4, -0.2) is 37.0 Å². The van der Waals surface area contributed by atoms with Crippen LogP contribution in [0.2, 0.25) is 0 Å². The van der Waals surface area contributed by atoms with E-state index in [1.54, 1.807) is 0 Å². The van der Waals surface area contributed by atoms with Gasteiger partial charge in [0.05, 0.1) is 0 Å². The minimum atomic E-state index is 0. The van der Waals surface area contributed by atoms with Crippen LogP contribution >= 0.6 is 12.4 Å². The molecule has 2 saturated heterocycles. The fourth-order valence-corrected chi connectivity index (χ4v) is 3.71. The number of amides is 1. The average Bonchev–Trinajstić information content (AvgIpc) is 2.86. The van der Waals surface area contributed by atoms with Crippen molar-refractivity contribution in [1.82, 2.24) is 10.2 Å². The number of halogens is 1. The lowest BCUT2D eigenvalue weighted by Gasteiger charge is -2.21. The van der Waals surface area contributed by atoms with E-state index in [0.717, 1.165) is 69.3 Å². The monoisotopic (exact) mass is 322 g/mol. The highest BCUT2D eigenvalue weighted by atomic mass is 35.5. The molecular weight excluding hydrogens is 296 g/mol. The van der Waals surface area contributed by atoms with Crippen molar-refractivity contribution in [2.75, 3.05) is 26.2 Å². The molecule has 1 aromatic carbocycles. The number of rotatable bonds is 3. The molecule has 0 aliphatic carbocycles. The number of aryl methyl sites for hydroxylation is 1. The van der Waals surface area contributed by atoms with Gasteiger partial charge in [-0.15, -0.1) is 12.4 Å². The molecular formula is C18H27ClN2O. The molecule has 22 heavy (non-hydrogen) atoms. The topological polar surface area (TPSA) is 32.3 Å². The van der Waals surface area contributed by atoms with Crippen molar-refractivity contribution < 1.29 is 4.79 Å². The Morgan fingerprint density at radius 1 is 1.14 bits per heavy atom. The quantitative estimate of drug-likeness (QED) is 0.927. The molecule has 0 spiro atoms. The molecule has 2 aliphatic rings. The average molecular weight is 323 g/mol. The molecule has 4 heteroatoms. The summed E-state index contributed by atoms with van der Waals surface area (Å²) in [5.41, 5.74) is 2.17. The molecule has 0 unspecified atom stereocenters. The number of hydrogen-bond acceptors (Lipinski definition) is 2. The fourth-order valence-electron chi connectivity index (χ4n) is 3.71. The van der Waals surface area contributed by atoms with E-state index in [2.05, 4.69) is 29.3 Å². The summed E-state index contributed by atoms with van der Waals surface area (Å²) in [6, 6.07) is 8.21. The summed E-state index contributed by atoms with van der Waals surface area (Å²) in [4.78, 5) is 14.7. The van der Waals surface area contributed by atoms with E-state index >= 15 is 0 Å². The van der Waals surface area contributed by atoms with Crippen LogP contribution in [0.15, 0.2) is 24.3 Å². The van der Waals surface area contributed by atoms with Gasteiger partial charge in [-0.25, -0.2) is 0 Å². The zero-order valence-electron chi connectivity index (χ0n) is 13.4. The Bertz CT molecular complexity index is 474. The van der Waals surface area contributed by atoms with Gasteiger partial charge in [0.25, 0.3) is 5.91 Å². The van der Waals surface area contributed by atoms with Crippen LogP contribution in [-0.2, 0) is 6.42 Å². The molecule has 1 N–H and O–H groups in total. The minimum absolute atomic E-state index is 0. The number of nitrogens with zero attached hydrogens (tertiary/aromatic N) is 1. The largest absolute Gasteiger partial charge is 0.339 e. The van der Waals surface area contributed by atoms with E-state index in [-0.39, 0.29) is 18.3 Å². The molecule has 0 aromatic heterocycles. The second-order valence-electron chi connectivity index (χ2n) is 6.49. The number of likely N-dealkylation sites (tertiary alicyclic amines) is 1. The van der Waals surface area contributed by atoms with Crippen LogP contribution in [0, 0.1) is 11.8 Å². The van der Waals surface area contributed by atoms with Gasteiger partial charge in [-0.3, -0.25) is 4.79 Å². The van der Waals surface area contributed by atoms with E-state index in [1.807, 2.05) is 12.1 Å². The number of carbonyl (C=O) groups excluding carboxylic acids is 1. The first-order valence-electron chi connectivity index (χ1n) is 8.37. The van der Waals surface area contributed by atoms with E-state index < -0.39 is 0 Å². The molecule has 2 aliphatic heterocycles. The van der Waals surface area contributed by atoms with Crippen molar-refractivity contribution in [2.45, 2.75) is 32.6 Å². The van der Waals surface area contributed by atoms with Gasteiger partial charge in [-0.1, -0.05) is 25.5 Å². The Hall–Kier alpha value is -1.06. The molecule has 122 valence electrons. The SMILES string of the molecule is CCCc1ccc(C(=O)N2CC[C@@H]3CNC[C@@H]3CC2)cc1.Cl. The molecule has 1 amide bonds. The van der Waals surface area contributed by atoms with Gasteiger partial charge in [0.2, 0.25) is 0 Å². The molecule has 3 rings (SSSR count). The van der Waals surface area contributed by atoms with Gasteiger partial charge in [-0.2, -0.15) is 0 Å². The van der Waals surface area contributed by atoms with E-state index in [4.69, 9.17) is 0 Å². The van der Waals surface area contributed by atoms with Crippen molar-refractivity contribution in [3.8, 4) is 0 Å². The Labute approximate surface area is 139 Å². The van der Waals surface area contributed by atoms with Gasteiger partial charge in [-0.05, 0) is 61.9 Å². The maximum atomic E-state index is 12.7. The Morgan fingerprint density at radius 3 is 2.27 bits per heavy atom. The lowest BCUT2D eigenvalue weighted by Crippen LogP contribution is -2.32. The Morgan fingerprint density at radius 2 is 1.73 bits per heavy atom. The first kappa shape index (κ1) is 17.3. The van der Waals surface area contributed by atoms with Crippen LogP contribution in [0.1, 0.15) is 42.1 Å². The van der Waals surface area contributed by atoms with Crippen molar-refractivity contribution >= 4 is 18.3 Å². The number of carbonyl (C=O) groups is 1. The molecule has 0 bridgehead atoms. The molecule has 2 atom stereocenters. The third-order valence-corrected chi connectivity index (χ3v) is 5.05. The predicted molar refractivity (Wildman–Crippen MR) is 92.7 cm³/mol. The second-order valence-corrected chi connectivity index (χ2v) is 6.49. The van der Waals surface area contributed by atoms with Gasteiger partial charge >= 0.3 is 0 Å². The van der Waals surface area contributed by atoms with Gasteiger partial charge in [0.1, 0.15) is 0 Å². The number of nitrogens with one attached hydrogen (secondary N) is 1. The zero-order valence-corrected chi connectivity index (χ0v) is 14.2. The summed E-state index contributed by atoms with van der Waals surface area (Å²) in [6.07, 6.45) is 4.54. The number of benzene rings is 1. The zero-order chi connectivity index (χ0) is 14.7. The van der Waals surface area contributed by atoms with Crippen LogP contribution in [0.25, 0.3) is 0 Å². The van der Waals surface area contributed by atoms with E-state index in [9.17, 15) is 4.79 Å². The van der Waals surface area contributed by atoms with Crippen LogP contribution in [0.3, 0.4) is 0 Å². The van der Waals surface area contributed by atoms with Crippen molar-refractivity contribution in [3.05, 3.63) is 35.4 Å². The number of fused-ring (bicyclic) bond motifs is 1. The first-order valence-corrected chi connectivity index (χ1v) is 8.37. The molecule has 1 aromatic rings. The number of hydrogen-bond donors (Lipinski definition) is 1. The lowest BCUT2D eigenvalue weighted by molar-refractivity contribution is 0.0758. The maximum Gasteiger partial charge on any atom is 0.253 e. The van der Waals surface area contributed by atoms with Gasteiger partial charge in [0, 0.05) is 18.7 Å². The van der Waals surface area contributed by atoms with E-state index in [0.29, 0.717) is 0 Å². The highest BCUT2D eigenvalue weighted by molar-refractivity contribution is 5.94. The minimum Gasteiger partial charge on any atom is -0.339 e. The van der Waals surface area contributed by atoms with Crippen molar-refractivity contribution in [1.29, 1.82) is 0 Å².